The molecule has 1 aliphatic rings. The molecule has 0 atom stereocenters. The molecule has 2 aromatic heterocycles. The van der Waals surface area contributed by atoms with Crippen LogP contribution >= 0.6 is 0 Å². The van der Waals surface area contributed by atoms with Crippen molar-refractivity contribution in [3.63, 3.8) is 0 Å². The van der Waals surface area contributed by atoms with Gasteiger partial charge in [0.15, 0.2) is 0 Å². The quantitative estimate of drug-likeness (QED) is 0.794. The maximum Gasteiger partial charge on any atom is 0.316 e. The lowest BCUT2D eigenvalue weighted by atomic mass is 10.2. The van der Waals surface area contributed by atoms with Crippen LogP contribution in [-0.4, -0.2) is 51.5 Å². The highest BCUT2D eigenvalue weighted by atomic mass is 16.5. The number of carbonyl (C=O) groups is 2. The fourth-order valence-electron chi connectivity index (χ4n) is 2.42. The molecule has 0 aliphatic carbocycles. The number of aromatic nitrogens is 3. The second-order valence-electron chi connectivity index (χ2n) is 5.25. The molecule has 0 radical (unpaired) electrons. The normalized spacial score (nSPS) is 14.3. The van der Waals surface area contributed by atoms with Crippen LogP contribution in [0, 0.1) is 0 Å². The largest absolute Gasteiger partial charge is 0.348 e. The summed E-state index contributed by atoms with van der Waals surface area (Å²) in [6.07, 6.45) is 5.48. The van der Waals surface area contributed by atoms with Crippen LogP contribution in [0.3, 0.4) is 0 Å². The minimum absolute atomic E-state index is 0.0749. The predicted octanol–water partition coefficient (Wildman–Crippen LogP) is 0.874. The van der Waals surface area contributed by atoms with Crippen molar-refractivity contribution in [3.8, 4) is 11.4 Å². The number of nitrogens with one attached hydrogen (secondary N) is 1. The summed E-state index contributed by atoms with van der Waals surface area (Å²) in [6.45, 7) is 1.92. The van der Waals surface area contributed by atoms with Crippen molar-refractivity contribution >= 4 is 11.8 Å². The van der Waals surface area contributed by atoms with Gasteiger partial charge in [-0.15, -0.1) is 0 Å². The van der Waals surface area contributed by atoms with Gasteiger partial charge in [0, 0.05) is 44.0 Å². The van der Waals surface area contributed by atoms with E-state index in [0.29, 0.717) is 31.8 Å². The van der Waals surface area contributed by atoms with Gasteiger partial charge in [-0.3, -0.25) is 14.6 Å². The molecule has 1 fully saturated rings. The Labute approximate surface area is 132 Å². The molecule has 8 nitrogen and oxygen atoms in total. The summed E-state index contributed by atoms with van der Waals surface area (Å²) in [6, 6.07) is 3.47. The van der Waals surface area contributed by atoms with E-state index >= 15 is 0 Å². The van der Waals surface area contributed by atoms with E-state index in [9.17, 15) is 9.59 Å². The van der Waals surface area contributed by atoms with E-state index < -0.39 is 5.91 Å². The molecule has 1 aliphatic heterocycles. The van der Waals surface area contributed by atoms with Crippen LogP contribution in [-0.2, 0) is 4.79 Å². The highest BCUT2D eigenvalue weighted by Crippen LogP contribution is 2.14. The molecule has 0 spiro atoms. The molecule has 2 amide bonds. The predicted molar refractivity (Wildman–Crippen MR) is 80.3 cm³/mol. The van der Waals surface area contributed by atoms with E-state index in [-0.39, 0.29) is 11.8 Å². The number of nitrogens with zero attached hydrogens (tertiary/aromatic N) is 4. The third-order valence-electron chi connectivity index (χ3n) is 3.62. The Bertz CT molecular complexity index is 685. The van der Waals surface area contributed by atoms with Gasteiger partial charge in [-0.1, -0.05) is 5.16 Å². The first-order chi connectivity index (χ1) is 11.2. The lowest BCUT2D eigenvalue weighted by Crippen LogP contribution is -2.30. The molecule has 0 aromatic carbocycles. The van der Waals surface area contributed by atoms with Crippen molar-refractivity contribution in [2.45, 2.75) is 19.3 Å². The van der Waals surface area contributed by atoms with Crippen molar-refractivity contribution < 1.29 is 14.1 Å². The third kappa shape index (κ3) is 3.71. The Kier molecular flexibility index (Phi) is 4.60. The fraction of sp³-hybridized carbons (Fsp3) is 0.400. The number of amides is 2. The molecule has 1 N–H and O–H groups in total. The first-order valence-corrected chi connectivity index (χ1v) is 7.54. The SMILES string of the molecule is O=C(NCCCN1CCCC1=O)c1nc(-c2ccncc2)no1. The highest BCUT2D eigenvalue weighted by molar-refractivity contribution is 5.89. The monoisotopic (exact) mass is 315 g/mol. The summed E-state index contributed by atoms with van der Waals surface area (Å²) in [7, 11) is 0. The van der Waals surface area contributed by atoms with Crippen molar-refractivity contribution in [2.24, 2.45) is 0 Å². The smallest absolute Gasteiger partial charge is 0.316 e. The fourth-order valence-corrected chi connectivity index (χ4v) is 2.42. The van der Waals surface area contributed by atoms with Gasteiger partial charge in [-0.2, -0.15) is 4.98 Å². The second-order valence-corrected chi connectivity index (χ2v) is 5.25. The zero-order valence-electron chi connectivity index (χ0n) is 12.6. The van der Waals surface area contributed by atoms with Gasteiger partial charge >= 0.3 is 11.8 Å². The number of hydrogen-bond acceptors (Lipinski definition) is 6. The van der Waals surface area contributed by atoms with E-state index in [1.807, 2.05) is 4.90 Å². The van der Waals surface area contributed by atoms with Crippen LogP contribution in [0.5, 0.6) is 0 Å². The first-order valence-electron chi connectivity index (χ1n) is 7.54. The van der Waals surface area contributed by atoms with Gasteiger partial charge in [-0.05, 0) is 25.0 Å². The molecule has 1 saturated heterocycles. The molecule has 3 heterocycles. The lowest BCUT2D eigenvalue weighted by molar-refractivity contribution is -0.127. The van der Waals surface area contributed by atoms with Crippen molar-refractivity contribution in [1.29, 1.82) is 0 Å². The topological polar surface area (TPSA) is 101 Å². The minimum Gasteiger partial charge on any atom is -0.348 e. The van der Waals surface area contributed by atoms with Gasteiger partial charge in [0.2, 0.25) is 11.7 Å². The highest BCUT2D eigenvalue weighted by Gasteiger charge is 2.19. The van der Waals surface area contributed by atoms with Crippen LogP contribution in [0.4, 0.5) is 0 Å². The summed E-state index contributed by atoms with van der Waals surface area (Å²) in [5.74, 6) is 0.0510. The molecule has 0 unspecified atom stereocenters. The summed E-state index contributed by atoms with van der Waals surface area (Å²) in [5.41, 5.74) is 0.732. The minimum atomic E-state index is -0.412. The zero-order chi connectivity index (χ0) is 16.1. The zero-order valence-corrected chi connectivity index (χ0v) is 12.6. The van der Waals surface area contributed by atoms with Crippen LogP contribution in [0.15, 0.2) is 29.0 Å². The Morgan fingerprint density at radius 1 is 1.35 bits per heavy atom. The van der Waals surface area contributed by atoms with E-state index in [2.05, 4.69) is 20.4 Å². The average molecular weight is 315 g/mol. The third-order valence-corrected chi connectivity index (χ3v) is 3.62. The Morgan fingerprint density at radius 2 is 2.17 bits per heavy atom. The number of carbonyl (C=O) groups excluding carboxylic acids is 2. The Morgan fingerprint density at radius 3 is 2.91 bits per heavy atom. The van der Waals surface area contributed by atoms with E-state index in [1.54, 1.807) is 24.5 Å². The van der Waals surface area contributed by atoms with Gasteiger partial charge in [0.25, 0.3) is 0 Å². The van der Waals surface area contributed by atoms with Gasteiger partial charge in [-0.25, -0.2) is 0 Å². The van der Waals surface area contributed by atoms with Gasteiger partial charge in [0.1, 0.15) is 0 Å². The van der Waals surface area contributed by atoms with Crippen molar-refractivity contribution in [1.82, 2.24) is 25.3 Å². The molecular formula is C15H17N5O3. The lowest BCUT2D eigenvalue weighted by Gasteiger charge is -2.14. The molecule has 23 heavy (non-hydrogen) atoms. The van der Waals surface area contributed by atoms with Gasteiger partial charge < -0.3 is 14.7 Å². The van der Waals surface area contributed by atoms with Crippen LogP contribution in [0.2, 0.25) is 0 Å². The summed E-state index contributed by atoms with van der Waals surface area (Å²) >= 11 is 0. The molecule has 3 rings (SSSR count). The molecule has 120 valence electrons. The van der Waals surface area contributed by atoms with Crippen molar-refractivity contribution in [3.05, 3.63) is 30.4 Å². The summed E-state index contributed by atoms with van der Waals surface area (Å²) in [5, 5.41) is 6.50. The number of pyridine rings is 1. The molecule has 2 aromatic rings. The standard InChI is InChI=1S/C15H17N5O3/c21-12-3-1-9-20(12)10-2-6-17-14(22)15-18-13(19-23-15)11-4-7-16-8-5-11/h4-5,7-8H,1-3,6,9-10H2,(H,17,22). The van der Waals surface area contributed by atoms with Crippen LogP contribution in [0.25, 0.3) is 11.4 Å². The molecule has 0 saturated carbocycles. The summed E-state index contributed by atoms with van der Waals surface area (Å²) < 4.78 is 4.97. The van der Waals surface area contributed by atoms with Gasteiger partial charge in [0.05, 0.1) is 0 Å². The Balaban J connectivity index is 1.47. The molecule has 8 heteroatoms. The maximum absolute atomic E-state index is 11.9. The number of hydrogen-bond donors (Lipinski definition) is 1. The number of likely N-dealkylation sites (tertiary alicyclic amines) is 1. The second kappa shape index (κ2) is 6.99. The first kappa shape index (κ1) is 15.1. The maximum atomic E-state index is 11.9. The Hall–Kier alpha value is -2.77. The van der Waals surface area contributed by atoms with Crippen LogP contribution < -0.4 is 5.32 Å². The van der Waals surface area contributed by atoms with E-state index in [1.165, 1.54) is 0 Å². The van der Waals surface area contributed by atoms with E-state index in [0.717, 1.165) is 18.5 Å². The van der Waals surface area contributed by atoms with Crippen LogP contribution in [0.1, 0.15) is 29.9 Å². The molecular weight excluding hydrogens is 298 g/mol. The summed E-state index contributed by atoms with van der Waals surface area (Å²) in [4.78, 5) is 33.2. The average Bonchev–Trinajstić information content (AvgIpc) is 3.22. The van der Waals surface area contributed by atoms with E-state index in [4.69, 9.17) is 4.52 Å². The van der Waals surface area contributed by atoms with Crippen molar-refractivity contribution in [2.75, 3.05) is 19.6 Å². The molecule has 0 bridgehead atoms. The number of rotatable bonds is 6.